The second-order valence-electron chi connectivity index (χ2n) is 6.30. The molecule has 1 atom stereocenters. The van der Waals surface area contributed by atoms with Crippen LogP contribution in [0.1, 0.15) is 18.2 Å². The number of oxime groups is 1. The van der Waals surface area contributed by atoms with Crippen molar-refractivity contribution in [3.8, 4) is 0 Å². The number of hydrogen-bond acceptors (Lipinski definition) is 6. The van der Waals surface area contributed by atoms with Crippen LogP contribution in [0.25, 0.3) is 0 Å². The van der Waals surface area contributed by atoms with Crippen LogP contribution >= 0.6 is 23.2 Å². The number of nitrogens with zero attached hydrogens (tertiary/aromatic N) is 2. The van der Waals surface area contributed by atoms with Gasteiger partial charge < -0.3 is 22.0 Å². The van der Waals surface area contributed by atoms with Gasteiger partial charge in [-0.2, -0.15) is 0 Å². The first-order valence-electron chi connectivity index (χ1n) is 8.64. The highest BCUT2D eigenvalue weighted by atomic mass is 35.5. The van der Waals surface area contributed by atoms with E-state index in [0.717, 1.165) is 4.57 Å². The topological polar surface area (TPSA) is 185 Å². The molecule has 0 saturated carbocycles. The van der Waals surface area contributed by atoms with Gasteiger partial charge in [-0.3, -0.25) is 18.9 Å². The third-order valence-corrected chi connectivity index (χ3v) is 6.12. The molecule has 31 heavy (non-hydrogen) atoms. The molecule has 0 spiro atoms. The van der Waals surface area contributed by atoms with E-state index in [9.17, 15) is 18.0 Å². The smallest absolute Gasteiger partial charge is 0.275 e. The normalized spacial score (nSPS) is 12.1. The minimum Gasteiger partial charge on any atom is -0.393 e. The number of nitrogens with one attached hydrogen (secondary N) is 1. The number of hydrogen-bond donors (Lipinski definition) is 4. The fourth-order valence-corrected chi connectivity index (χ4v) is 4.52. The summed E-state index contributed by atoms with van der Waals surface area (Å²) in [5, 5.41) is 3.45. The summed E-state index contributed by atoms with van der Waals surface area (Å²) in [4.78, 5) is 29.5. The van der Waals surface area contributed by atoms with E-state index < -0.39 is 27.5 Å². The molecule has 0 aliphatic carbocycles. The molecule has 0 bridgehead atoms. The Morgan fingerprint density at radius 1 is 1.23 bits per heavy atom. The molecule has 0 saturated heterocycles. The average molecular weight is 491 g/mol. The summed E-state index contributed by atoms with van der Waals surface area (Å²) < 4.78 is 28.7. The summed E-state index contributed by atoms with van der Waals surface area (Å²) in [5.41, 5.74) is 15.0. The van der Waals surface area contributed by atoms with E-state index in [1.807, 2.05) is 0 Å². The number of carbonyl (C=O) groups excluding carboxylic acids is 1. The summed E-state index contributed by atoms with van der Waals surface area (Å²) >= 11 is 11.8. The zero-order chi connectivity index (χ0) is 23.3. The van der Waals surface area contributed by atoms with Crippen LogP contribution in [0.2, 0.25) is 10.0 Å². The van der Waals surface area contributed by atoms with E-state index >= 15 is 0 Å². The van der Waals surface area contributed by atoms with Gasteiger partial charge in [0.05, 0.1) is 5.02 Å². The molecule has 1 aromatic carbocycles. The molecule has 2 rings (SSSR count). The molecule has 1 unspecified atom stereocenters. The third kappa shape index (κ3) is 6.03. The van der Waals surface area contributed by atoms with Crippen LogP contribution in [0.15, 0.2) is 45.2 Å². The van der Waals surface area contributed by atoms with E-state index in [2.05, 4.69) is 9.88 Å². The van der Waals surface area contributed by atoms with Gasteiger partial charge in [0.25, 0.3) is 15.6 Å². The lowest BCUT2D eigenvalue weighted by atomic mass is 10.1. The quantitative estimate of drug-likeness (QED) is 0.174. The summed E-state index contributed by atoms with van der Waals surface area (Å²) in [6, 6.07) is 5.37. The number of amides is 1. The van der Waals surface area contributed by atoms with Crippen molar-refractivity contribution in [2.75, 3.05) is 11.3 Å². The summed E-state index contributed by atoms with van der Waals surface area (Å²) in [6.45, 7) is 1.43. The molecule has 0 fully saturated rings. The molecule has 0 aliphatic heterocycles. The van der Waals surface area contributed by atoms with Crippen LogP contribution in [0.5, 0.6) is 0 Å². The maximum Gasteiger partial charge on any atom is 0.275 e. The standard InChI is InChI=1S/C17H20Cl2N6O5S/c1-9-2-4-12(24-31(28,29)14-5-3-10(18)8-11(14)19)16(27)25(9)13(15(20)26)6-7-30-23-17(21)22/h2-5,8,13,24H,6-7H2,1H3,(H2,20,26)(H4,21,22,23). The summed E-state index contributed by atoms with van der Waals surface area (Å²) in [6.07, 6.45) is -0.0495. The number of guanidine groups is 1. The lowest BCUT2D eigenvalue weighted by Gasteiger charge is -2.20. The zero-order valence-electron chi connectivity index (χ0n) is 16.2. The number of anilines is 1. The lowest BCUT2D eigenvalue weighted by molar-refractivity contribution is -0.121. The Morgan fingerprint density at radius 2 is 1.90 bits per heavy atom. The molecule has 11 nitrogen and oxygen atoms in total. The maximum atomic E-state index is 13.0. The van der Waals surface area contributed by atoms with Gasteiger partial charge in [-0.15, -0.1) is 0 Å². The Morgan fingerprint density at radius 3 is 2.48 bits per heavy atom. The van der Waals surface area contributed by atoms with Crippen LogP contribution in [0, 0.1) is 6.92 Å². The van der Waals surface area contributed by atoms with Crippen LogP contribution < -0.4 is 27.5 Å². The predicted octanol–water partition coefficient (Wildman–Crippen LogP) is 0.886. The van der Waals surface area contributed by atoms with Gasteiger partial charge in [0.2, 0.25) is 11.9 Å². The first kappa shape index (κ1) is 24.3. The van der Waals surface area contributed by atoms with E-state index in [0.29, 0.717) is 5.69 Å². The number of rotatable bonds is 9. The van der Waals surface area contributed by atoms with Crippen molar-refractivity contribution in [1.29, 1.82) is 0 Å². The van der Waals surface area contributed by atoms with Gasteiger partial charge in [-0.05, 0) is 42.4 Å². The van der Waals surface area contributed by atoms with Gasteiger partial charge >= 0.3 is 0 Å². The highest BCUT2D eigenvalue weighted by Gasteiger charge is 2.25. The van der Waals surface area contributed by atoms with Gasteiger partial charge in [-0.25, -0.2) is 8.42 Å². The van der Waals surface area contributed by atoms with Gasteiger partial charge in [0.1, 0.15) is 23.2 Å². The Kier molecular flexibility index (Phi) is 7.76. The molecular formula is C17H20Cl2N6O5S. The van der Waals surface area contributed by atoms with Gasteiger partial charge in [0.15, 0.2) is 0 Å². The second-order valence-corrected chi connectivity index (χ2v) is 8.79. The number of aromatic nitrogens is 1. The van der Waals surface area contributed by atoms with Crippen molar-refractivity contribution in [3.05, 3.63) is 56.4 Å². The van der Waals surface area contributed by atoms with E-state index in [1.165, 1.54) is 30.3 Å². The van der Waals surface area contributed by atoms with Crippen LogP contribution in [0.3, 0.4) is 0 Å². The molecule has 1 heterocycles. The molecule has 7 N–H and O–H groups in total. The monoisotopic (exact) mass is 490 g/mol. The van der Waals surface area contributed by atoms with E-state index in [4.69, 9.17) is 45.2 Å². The highest BCUT2D eigenvalue weighted by Crippen LogP contribution is 2.26. The van der Waals surface area contributed by atoms with E-state index in [-0.39, 0.29) is 39.6 Å². The first-order valence-corrected chi connectivity index (χ1v) is 10.9. The minimum absolute atomic E-state index is 0.0495. The van der Waals surface area contributed by atoms with Gasteiger partial charge in [-0.1, -0.05) is 23.2 Å². The summed E-state index contributed by atoms with van der Waals surface area (Å²) in [5.74, 6) is -1.15. The minimum atomic E-state index is -4.23. The molecule has 0 aliphatic rings. The number of aryl methyl sites for hydroxylation is 1. The summed E-state index contributed by atoms with van der Waals surface area (Å²) in [7, 11) is -4.23. The molecule has 14 heteroatoms. The number of halogens is 2. The van der Waals surface area contributed by atoms with Crippen molar-refractivity contribution >= 4 is 50.8 Å². The predicted molar refractivity (Wildman–Crippen MR) is 117 cm³/mol. The first-order chi connectivity index (χ1) is 14.4. The molecular weight excluding hydrogens is 471 g/mol. The third-order valence-electron chi connectivity index (χ3n) is 4.04. The fourth-order valence-electron chi connectivity index (χ4n) is 2.69. The highest BCUT2D eigenvalue weighted by molar-refractivity contribution is 7.92. The number of pyridine rings is 1. The van der Waals surface area contributed by atoms with Crippen LogP contribution in [0.4, 0.5) is 5.69 Å². The van der Waals surface area contributed by atoms with E-state index in [1.54, 1.807) is 6.92 Å². The number of nitrogens with two attached hydrogens (primary N) is 3. The lowest BCUT2D eigenvalue weighted by Crippen LogP contribution is -2.37. The van der Waals surface area contributed by atoms with Crippen molar-refractivity contribution < 1.29 is 18.0 Å². The second kappa shape index (κ2) is 9.90. The maximum absolute atomic E-state index is 13.0. The van der Waals surface area contributed by atoms with Crippen LogP contribution in [-0.4, -0.2) is 31.5 Å². The Bertz CT molecular complexity index is 1180. The van der Waals surface area contributed by atoms with Crippen molar-refractivity contribution in [2.24, 2.45) is 22.4 Å². The van der Waals surface area contributed by atoms with Crippen molar-refractivity contribution in [2.45, 2.75) is 24.3 Å². The fraction of sp³-hybridized carbons (Fsp3) is 0.235. The average Bonchev–Trinajstić information content (AvgIpc) is 2.65. The number of benzene rings is 1. The Labute approximate surface area is 187 Å². The molecule has 0 radical (unpaired) electrons. The van der Waals surface area contributed by atoms with Crippen LogP contribution in [-0.2, 0) is 19.7 Å². The Hall–Kier alpha value is -2.96. The number of sulfonamides is 1. The number of primary amides is 1. The molecule has 1 aromatic heterocycles. The molecule has 2 aromatic rings. The molecule has 1 amide bonds. The zero-order valence-corrected chi connectivity index (χ0v) is 18.5. The van der Waals surface area contributed by atoms with Crippen molar-refractivity contribution in [1.82, 2.24) is 4.57 Å². The largest absolute Gasteiger partial charge is 0.393 e. The molecule has 168 valence electrons. The Balaban J connectivity index is 2.41. The van der Waals surface area contributed by atoms with Gasteiger partial charge in [0, 0.05) is 17.1 Å². The van der Waals surface area contributed by atoms with Crippen molar-refractivity contribution in [3.63, 3.8) is 0 Å². The SMILES string of the molecule is Cc1ccc(NS(=O)(=O)c2ccc(Cl)cc2Cl)c(=O)n1C(CCON=C(N)N)C(N)=O. The number of carbonyl (C=O) groups is 1.